The number of carbonyl (C=O) groups is 2. The monoisotopic (exact) mass is 600 g/mol. The summed E-state index contributed by atoms with van der Waals surface area (Å²) in [7, 11) is 0. The van der Waals surface area contributed by atoms with E-state index in [2.05, 4.69) is 9.80 Å². The third-order valence-corrected chi connectivity index (χ3v) is 8.07. The van der Waals surface area contributed by atoms with Crippen LogP contribution < -0.4 is 4.90 Å². The van der Waals surface area contributed by atoms with Crippen molar-refractivity contribution in [2.75, 3.05) is 57.3 Å². The molecule has 2 heterocycles. The summed E-state index contributed by atoms with van der Waals surface area (Å²) < 4.78 is 13.2. The highest BCUT2D eigenvalue weighted by Crippen LogP contribution is 2.27. The molecule has 0 spiro atoms. The number of piperazine rings is 1. The molecule has 0 saturated carbocycles. The van der Waals surface area contributed by atoms with Crippen molar-refractivity contribution in [3.63, 3.8) is 0 Å². The van der Waals surface area contributed by atoms with Gasteiger partial charge in [0.25, 0.3) is 0 Å². The molecule has 39 heavy (non-hydrogen) atoms. The number of hydrogen-bond acceptors (Lipinski definition) is 4. The molecule has 2 saturated heterocycles. The molecule has 2 aliphatic rings. The van der Waals surface area contributed by atoms with Crippen LogP contribution >= 0.6 is 36.4 Å². The first-order valence-corrected chi connectivity index (χ1v) is 13.7. The summed E-state index contributed by atoms with van der Waals surface area (Å²) in [4.78, 5) is 33.9. The molecular weight excluding hydrogens is 562 g/mol. The predicted octanol–water partition coefficient (Wildman–Crippen LogP) is 5.43. The maximum Gasteiger partial charge on any atom is 0.230 e. The topological polar surface area (TPSA) is 47.1 Å². The summed E-state index contributed by atoms with van der Waals surface area (Å²) in [6.45, 7) is 11.1. The Morgan fingerprint density at radius 3 is 2.15 bits per heavy atom. The first-order valence-electron chi connectivity index (χ1n) is 13.3. The largest absolute Gasteiger partial charge is 0.343 e. The molecule has 0 bridgehead atoms. The fourth-order valence-corrected chi connectivity index (χ4v) is 5.42. The fourth-order valence-electron chi connectivity index (χ4n) is 5.25. The van der Waals surface area contributed by atoms with Gasteiger partial charge in [-0.25, -0.2) is 4.39 Å². The van der Waals surface area contributed by atoms with E-state index in [1.54, 1.807) is 6.92 Å². The highest BCUT2D eigenvalue weighted by molar-refractivity contribution is 6.31. The van der Waals surface area contributed by atoms with E-state index in [1.807, 2.05) is 47.1 Å². The first kappa shape index (κ1) is 33.3. The van der Waals surface area contributed by atoms with E-state index in [1.165, 1.54) is 12.1 Å². The summed E-state index contributed by atoms with van der Waals surface area (Å²) >= 11 is 6.42. The Kier molecular flexibility index (Phi) is 13.5. The van der Waals surface area contributed by atoms with Crippen LogP contribution in [-0.2, 0) is 16.1 Å². The standard InChI is InChI=1S/C29H38ClFN4O2.2ClH/c1-22-4-9-27(20-28(22)30)35(29(37)25-10-14-34(15-11-25)23(2)36)13-3-12-32-16-18-33(19-17-32)21-24-5-7-26(31)8-6-24;;/h4-9,20,25H,3,10-19,21H2,1-2H3;2*1H. The van der Waals surface area contributed by atoms with Crippen LogP contribution in [-0.4, -0.2) is 78.9 Å². The van der Waals surface area contributed by atoms with Gasteiger partial charge in [-0.15, -0.1) is 24.8 Å². The zero-order chi connectivity index (χ0) is 26.4. The molecule has 0 radical (unpaired) electrons. The summed E-state index contributed by atoms with van der Waals surface area (Å²) in [6, 6.07) is 12.6. The van der Waals surface area contributed by atoms with Crippen molar-refractivity contribution >= 4 is 53.9 Å². The number of amides is 2. The number of benzene rings is 2. The van der Waals surface area contributed by atoms with Gasteiger partial charge in [0.1, 0.15) is 5.82 Å². The summed E-state index contributed by atoms with van der Waals surface area (Å²) in [5.74, 6) is -0.0701. The predicted molar refractivity (Wildman–Crippen MR) is 161 cm³/mol. The minimum Gasteiger partial charge on any atom is -0.343 e. The third kappa shape index (κ3) is 9.32. The van der Waals surface area contributed by atoms with Crippen molar-refractivity contribution in [3.8, 4) is 0 Å². The molecule has 6 nitrogen and oxygen atoms in total. The minimum absolute atomic E-state index is 0. The van der Waals surface area contributed by atoms with Gasteiger partial charge in [0.15, 0.2) is 0 Å². The molecule has 2 aromatic rings. The van der Waals surface area contributed by atoms with Gasteiger partial charge in [0.05, 0.1) is 0 Å². The molecule has 0 atom stereocenters. The summed E-state index contributed by atoms with van der Waals surface area (Å²) in [5.41, 5.74) is 2.97. The number of halogens is 4. The number of carbonyl (C=O) groups excluding carboxylic acids is 2. The van der Waals surface area contributed by atoms with E-state index < -0.39 is 0 Å². The van der Waals surface area contributed by atoms with E-state index in [0.717, 1.165) is 62.5 Å². The van der Waals surface area contributed by atoms with Gasteiger partial charge in [0.2, 0.25) is 11.8 Å². The number of piperidine rings is 1. The minimum atomic E-state index is -0.199. The van der Waals surface area contributed by atoms with Gasteiger partial charge in [-0.3, -0.25) is 14.5 Å². The van der Waals surface area contributed by atoms with Crippen LogP contribution in [0.4, 0.5) is 10.1 Å². The lowest BCUT2D eigenvalue weighted by Gasteiger charge is -2.36. The first-order chi connectivity index (χ1) is 17.8. The van der Waals surface area contributed by atoms with Crippen molar-refractivity contribution in [2.45, 2.75) is 39.7 Å². The molecule has 0 aliphatic carbocycles. The van der Waals surface area contributed by atoms with Gasteiger partial charge >= 0.3 is 0 Å². The van der Waals surface area contributed by atoms with Crippen LogP contribution in [0.25, 0.3) is 0 Å². The van der Waals surface area contributed by atoms with Gasteiger partial charge in [-0.1, -0.05) is 29.8 Å². The van der Waals surface area contributed by atoms with E-state index >= 15 is 0 Å². The van der Waals surface area contributed by atoms with E-state index in [4.69, 9.17) is 11.6 Å². The lowest BCUT2D eigenvalue weighted by Crippen LogP contribution is -2.47. The van der Waals surface area contributed by atoms with Crippen molar-refractivity contribution < 1.29 is 14.0 Å². The van der Waals surface area contributed by atoms with Crippen LogP contribution in [0, 0.1) is 18.7 Å². The number of nitrogens with zero attached hydrogens (tertiary/aromatic N) is 4. The molecule has 4 rings (SSSR count). The smallest absolute Gasteiger partial charge is 0.230 e. The highest BCUT2D eigenvalue weighted by Gasteiger charge is 2.30. The van der Waals surface area contributed by atoms with E-state index in [9.17, 15) is 14.0 Å². The fraction of sp³-hybridized carbons (Fsp3) is 0.517. The summed E-state index contributed by atoms with van der Waals surface area (Å²) in [5, 5.41) is 0.666. The number of rotatable bonds is 8. The van der Waals surface area contributed by atoms with Gasteiger partial charge in [-0.05, 0) is 68.1 Å². The number of anilines is 1. The normalized spacial score (nSPS) is 16.8. The average Bonchev–Trinajstić information content (AvgIpc) is 2.90. The van der Waals surface area contributed by atoms with Crippen LogP contribution in [0.1, 0.15) is 37.3 Å². The third-order valence-electron chi connectivity index (χ3n) is 7.66. The molecule has 2 aliphatic heterocycles. The van der Waals surface area contributed by atoms with Crippen molar-refractivity contribution in [1.82, 2.24) is 14.7 Å². The number of likely N-dealkylation sites (tertiary alicyclic amines) is 1. The lowest BCUT2D eigenvalue weighted by atomic mass is 9.94. The second-order valence-electron chi connectivity index (χ2n) is 10.3. The molecule has 0 N–H and O–H groups in total. The molecule has 2 aromatic carbocycles. The van der Waals surface area contributed by atoms with Gasteiger partial charge in [-0.2, -0.15) is 0 Å². The Balaban J connectivity index is 0.00000267. The number of aryl methyl sites for hydroxylation is 1. The lowest BCUT2D eigenvalue weighted by molar-refractivity contribution is -0.133. The Morgan fingerprint density at radius 2 is 1.56 bits per heavy atom. The highest BCUT2D eigenvalue weighted by atomic mass is 35.5. The second kappa shape index (κ2) is 15.8. The van der Waals surface area contributed by atoms with Crippen LogP contribution in [0.2, 0.25) is 5.02 Å². The van der Waals surface area contributed by atoms with Crippen LogP contribution in [0.3, 0.4) is 0 Å². The van der Waals surface area contributed by atoms with Crippen molar-refractivity contribution in [2.24, 2.45) is 5.92 Å². The second-order valence-corrected chi connectivity index (χ2v) is 10.7. The molecule has 10 heteroatoms. The van der Waals surface area contributed by atoms with Crippen molar-refractivity contribution in [1.29, 1.82) is 0 Å². The maximum atomic E-state index is 13.6. The zero-order valence-electron chi connectivity index (χ0n) is 22.8. The van der Waals surface area contributed by atoms with Gasteiger partial charge < -0.3 is 14.7 Å². The van der Waals surface area contributed by atoms with Crippen LogP contribution in [0.5, 0.6) is 0 Å². The SMILES string of the molecule is CC(=O)N1CCC(C(=O)N(CCCN2CCN(Cc3ccc(F)cc3)CC2)c2ccc(C)c(Cl)c2)CC1.Cl.Cl. The Bertz CT molecular complexity index is 1070. The van der Waals surface area contributed by atoms with E-state index in [0.29, 0.717) is 37.5 Å². The van der Waals surface area contributed by atoms with E-state index in [-0.39, 0.29) is 48.4 Å². The zero-order valence-corrected chi connectivity index (χ0v) is 25.2. The Labute approximate surface area is 249 Å². The molecule has 2 amide bonds. The van der Waals surface area contributed by atoms with Crippen LogP contribution in [0.15, 0.2) is 42.5 Å². The summed E-state index contributed by atoms with van der Waals surface area (Å²) in [6.07, 6.45) is 2.27. The Hall–Kier alpha value is -1.90. The van der Waals surface area contributed by atoms with Crippen molar-refractivity contribution in [3.05, 3.63) is 64.4 Å². The molecule has 2 fully saturated rings. The average molecular weight is 602 g/mol. The Morgan fingerprint density at radius 1 is 0.949 bits per heavy atom. The molecule has 0 aromatic heterocycles. The molecule has 0 unspecified atom stereocenters. The van der Waals surface area contributed by atoms with Gasteiger partial charge in [0, 0.05) is 75.9 Å². The number of hydrogen-bond donors (Lipinski definition) is 0. The quantitative estimate of drug-likeness (QED) is 0.405. The molecule has 216 valence electrons. The molecular formula is C29H40Cl3FN4O2. The maximum absolute atomic E-state index is 13.6.